The van der Waals surface area contributed by atoms with Crippen LogP contribution in [0.1, 0.15) is 20.3 Å². The van der Waals surface area contributed by atoms with Crippen LogP contribution in [0.25, 0.3) is 10.9 Å². The highest BCUT2D eigenvalue weighted by Crippen LogP contribution is 2.14. The third kappa shape index (κ3) is 3.68. The summed E-state index contributed by atoms with van der Waals surface area (Å²) in [4.78, 5) is 15.9. The quantitative estimate of drug-likeness (QED) is 0.906. The lowest BCUT2D eigenvalue weighted by atomic mass is 10.1. The summed E-state index contributed by atoms with van der Waals surface area (Å²) >= 11 is 0. The molecule has 1 aromatic heterocycles. The van der Waals surface area contributed by atoms with Gasteiger partial charge in [0.1, 0.15) is 5.82 Å². The highest BCUT2D eigenvalue weighted by molar-refractivity contribution is 5.86. The van der Waals surface area contributed by atoms with Crippen LogP contribution < -0.4 is 5.32 Å². The Morgan fingerprint density at radius 3 is 2.89 bits per heavy atom. The average Bonchev–Trinajstić information content (AvgIpc) is 2.44. The number of ether oxygens (including phenoxy) is 1. The molecule has 0 fully saturated rings. The predicted octanol–water partition coefficient (Wildman–Crippen LogP) is 3.83. The molecule has 0 radical (unpaired) electrons. The summed E-state index contributed by atoms with van der Waals surface area (Å²) < 4.78 is 5.12. The fraction of sp³-hybridized carbons (Fsp3) is 0.333. The van der Waals surface area contributed by atoms with Crippen LogP contribution in [-0.2, 0) is 4.74 Å². The zero-order chi connectivity index (χ0) is 13.7. The van der Waals surface area contributed by atoms with Crippen LogP contribution >= 0.6 is 0 Å². The van der Waals surface area contributed by atoms with Gasteiger partial charge in [-0.05, 0) is 24.1 Å². The van der Waals surface area contributed by atoms with Crippen molar-refractivity contribution in [1.82, 2.24) is 4.98 Å². The second-order valence-electron chi connectivity index (χ2n) is 4.63. The number of pyridine rings is 1. The van der Waals surface area contributed by atoms with Crippen LogP contribution in [0, 0.1) is 5.92 Å². The van der Waals surface area contributed by atoms with Gasteiger partial charge in [-0.1, -0.05) is 38.5 Å². The molecule has 0 unspecified atom stereocenters. The second kappa shape index (κ2) is 6.18. The summed E-state index contributed by atoms with van der Waals surface area (Å²) in [5, 5.41) is 3.68. The van der Waals surface area contributed by atoms with Crippen molar-refractivity contribution in [3.8, 4) is 0 Å². The number of hydrogen-bond acceptors (Lipinski definition) is 3. The van der Waals surface area contributed by atoms with Gasteiger partial charge in [0, 0.05) is 5.39 Å². The summed E-state index contributed by atoms with van der Waals surface area (Å²) in [5.41, 5.74) is 0.849. The lowest BCUT2D eigenvalue weighted by molar-refractivity contribution is 0.143. The van der Waals surface area contributed by atoms with E-state index in [9.17, 15) is 4.79 Å². The monoisotopic (exact) mass is 258 g/mol. The molecule has 1 atom stereocenters. The molecule has 1 aromatic carbocycles. The molecule has 0 spiro atoms. The number of aromatic nitrogens is 1. The predicted molar refractivity (Wildman–Crippen MR) is 76.2 cm³/mol. The molecule has 0 bridgehead atoms. The number of hydrogen-bond donors (Lipinski definition) is 1. The largest absolute Gasteiger partial charge is 0.449 e. The van der Waals surface area contributed by atoms with E-state index in [0.717, 1.165) is 17.3 Å². The third-order valence-corrected chi connectivity index (χ3v) is 3.02. The Morgan fingerprint density at radius 1 is 1.32 bits per heavy atom. The van der Waals surface area contributed by atoms with Crippen LogP contribution in [0.2, 0.25) is 0 Å². The first-order valence-electron chi connectivity index (χ1n) is 6.48. The highest BCUT2D eigenvalue weighted by atomic mass is 16.5. The number of fused-ring (bicyclic) bond motifs is 1. The Bertz CT molecular complexity index is 569. The molecular weight excluding hydrogens is 240 g/mol. The zero-order valence-corrected chi connectivity index (χ0v) is 11.2. The number of anilines is 1. The Labute approximate surface area is 112 Å². The van der Waals surface area contributed by atoms with Crippen molar-refractivity contribution < 1.29 is 9.53 Å². The van der Waals surface area contributed by atoms with E-state index >= 15 is 0 Å². The van der Waals surface area contributed by atoms with Gasteiger partial charge >= 0.3 is 6.09 Å². The molecule has 2 aromatic rings. The van der Waals surface area contributed by atoms with Crippen LogP contribution in [0.3, 0.4) is 0 Å². The van der Waals surface area contributed by atoms with E-state index in [1.165, 1.54) is 0 Å². The molecular formula is C15H18N2O2. The molecule has 4 heteroatoms. The van der Waals surface area contributed by atoms with E-state index in [2.05, 4.69) is 17.2 Å². The SMILES string of the molecule is CC[C@H](C)COC(=O)Nc1ccc2ccccc2n1. The van der Waals surface area contributed by atoms with Gasteiger partial charge in [0.15, 0.2) is 0 Å². The van der Waals surface area contributed by atoms with Gasteiger partial charge in [-0.3, -0.25) is 5.32 Å². The number of nitrogens with zero attached hydrogens (tertiary/aromatic N) is 1. The third-order valence-electron chi connectivity index (χ3n) is 3.02. The second-order valence-corrected chi connectivity index (χ2v) is 4.63. The van der Waals surface area contributed by atoms with Gasteiger partial charge in [-0.25, -0.2) is 9.78 Å². The number of amides is 1. The minimum absolute atomic E-state index is 0.371. The van der Waals surface area contributed by atoms with Gasteiger partial charge in [0.05, 0.1) is 12.1 Å². The van der Waals surface area contributed by atoms with Crippen molar-refractivity contribution in [3.05, 3.63) is 36.4 Å². The maximum absolute atomic E-state index is 11.6. The molecule has 2 rings (SSSR count). The Balaban J connectivity index is 1.99. The molecule has 0 aliphatic heterocycles. The van der Waals surface area contributed by atoms with Crippen molar-refractivity contribution in [2.45, 2.75) is 20.3 Å². The summed E-state index contributed by atoms with van der Waals surface area (Å²) in [6.45, 7) is 4.54. The first kappa shape index (κ1) is 13.3. The highest BCUT2D eigenvalue weighted by Gasteiger charge is 2.07. The molecule has 19 heavy (non-hydrogen) atoms. The van der Waals surface area contributed by atoms with E-state index in [4.69, 9.17) is 4.74 Å². The van der Waals surface area contributed by atoms with Crippen molar-refractivity contribution in [3.63, 3.8) is 0 Å². The maximum Gasteiger partial charge on any atom is 0.412 e. The first-order valence-corrected chi connectivity index (χ1v) is 6.48. The molecule has 0 aliphatic rings. The minimum atomic E-state index is -0.455. The van der Waals surface area contributed by atoms with Crippen molar-refractivity contribution in [2.75, 3.05) is 11.9 Å². The molecule has 4 nitrogen and oxygen atoms in total. The van der Waals surface area contributed by atoms with Gasteiger partial charge < -0.3 is 4.74 Å². The van der Waals surface area contributed by atoms with E-state index in [1.807, 2.05) is 37.3 Å². The summed E-state index contributed by atoms with van der Waals surface area (Å²) in [7, 11) is 0. The van der Waals surface area contributed by atoms with Gasteiger partial charge in [-0.2, -0.15) is 0 Å². The van der Waals surface area contributed by atoms with Crippen LogP contribution in [0.5, 0.6) is 0 Å². The normalized spacial score (nSPS) is 12.1. The number of para-hydroxylation sites is 1. The summed E-state index contributed by atoms with van der Waals surface area (Å²) in [6.07, 6.45) is 0.532. The standard InChI is InChI=1S/C15H18N2O2/c1-3-11(2)10-19-15(18)17-14-9-8-12-6-4-5-7-13(12)16-14/h4-9,11H,3,10H2,1-2H3,(H,16,17,18)/t11-/m0/s1. The number of rotatable bonds is 4. The maximum atomic E-state index is 11.6. The van der Waals surface area contributed by atoms with E-state index in [1.54, 1.807) is 6.07 Å². The van der Waals surface area contributed by atoms with Crippen molar-refractivity contribution >= 4 is 22.8 Å². The van der Waals surface area contributed by atoms with E-state index in [0.29, 0.717) is 18.3 Å². The van der Waals surface area contributed by atoms with Crippen LogP contribution in [-0.4, -0.2) is 17.7 Å². The zero-order valence-electron chi connectivity index (χ0n) is 11.2. The van der Waals surface area contributed by atoms with Gasteiger partial charge in [0.25, 0.3) is 0 Å². The van der Waals surface area contributed by atoms with E-state index < -0.39 is 6.09 Å². The fourth-order valence-electron chi connectivity index (χ4n) is 1.61. The lowest BCUT2D eigenvalue weighted by Crippen LogP contribution is -2.17. The van der Waals surface area contributed by atoms with Crippen molar-refractivity contribution in [2.24, 2.45) is 5.92 Å². The van der Waals surface area contributed by atoms with Crippen molar-refractivity contribution in [1.29, 1.82) is 0 Å². The first-order chi connectivity index (χ1) is 9.19. The summed E-state index contributed by atoms with van der Waals surface area (Å²) in [5.74, 6) is 0.878. The number of carbonyl (C=O) groups excluding carboxylic acids is 1. The molecule has 1 N–H and O–H groups in total. The Kier molecular flexibility index (Phi) is 4.34. The molecule has 100 valence electrons. The molecule has 0 saturated heterocycles. The molecule has 0 saturated carbocycles. The smallest absolute Gasteiger partial charge is 0.412 e. The summed E-state index contributed by atoms with van der Waals surface area (Å²) in [6, 6.07) is 11.5. The molecule has 1 amide bonds. The molecule has 1 heterocycles. The van der Waals surface area contributed by atoms with Gasteiger partial charge in [-0.15, -0.1) is 0 Å². The molecule has 0 aliphatic carbocycles. The topological polar surface area (TPSA) is 51.2 Å². The number of benzene rings is 1. The fourth-order valence-corrected chi connectivity index (χ4v) is 1.61. The van der Waals surface area contributed by atoms with Crippen LogP contribution in [0.15, 0.2) is 36.4 Å². The number of carbonyl (C=O) groups is 1. The Hall–Kier alpha value is -2.10. The Morgan fingerprint density at radius 2 is 2.11 bits per heavy atom. The van der Waals surface area contributed by atoms with Gasteiger partial charge in [0.2, 0.25) is 0 Å². The lowest BCUT2D eigenvalue weighted by Gasteiger charge is -2.10. The average molecular weight is 258 g/mol. The minimum Gasteiger partial charge on any atom is -0.449 e. The number of nitrogens with one attached hydrogen (secondary N) is 1. The van der Waals surface area contributed by atoms with E-state index in [-0.39, 0.29) is 0 Å². The van der Waals surface area contributed by atoms with Crippen LogP contribution in [0.4, 0.5) is 10.6 Å².